The van der Waals surface area contributed by atoms with Crippen molar-refractivity contribution in [3.63, 3.8) is 0 Å². The van der Waals surface area contributed by atoms with Gasteiger partial charge in [-0.15, -0.1) is 0 Å². The molecule has 21 heavy (non-hydrogen) atoms. The second kappa shape index (κ2) is 8.35. The highest BCUT2D eigenvalue weighted by Crippen LogP contribution is 2.27. The van der Waals surface area contributed by atoms with Crippen molar-refractivity contribution in [2.75, 3.05) is 12.4 Å². The van der Waals surface area contributed by atoms with E-state index < -0.39 is 0 Å². The van der Waals surface area contributed by atoms with Gasteiger partial charge in [0.25, 0.3) is 0 Å². The second-order valence-corrected chi connectivity index (χ2v) is 7.43. The lowest BCUT2D eigenvalue weighted by Gasteiger charge is -2.16. The van der Waals surface area contributed by atoms with E-state index in [4.69, 9.17) is 4.74 Å². The Morgan fingerprint density at radius 3 is 2.33 bits per heavy atom. The number of hydrogen-bond donors (Lipinski definition) is 0. The minimum Gasteiger partial charge on any atom is -0.497 e. The molecule has 0 N–H and O–H groups in total. The van der Waals surface area contributed by atoms with Crippen LogP contribution in [0.2, 0.25) is 0 Å². The van der Waals surface area contributed by atoms with E-state index in [2.05, 4.69) is 84.2 Å². The topological polar surface area (TPSA) is 9.23 Å². The van der Waals surface area contributed by atoms with Gasteiger partial charge in [0, 0.05) is 14.3 Å². The Bertz CT molecular complexity index is 581. The third kappa shape index (κ3) is 5.11. The number of hydrogen-bond acceptors (Lipinski definition) is 1. The highest BCUT2D eigenvalue weighted by Gasteiger charge is 2.12. The molecule has 0 amide bonds. The van der Waals surface area contributed by atoms with Gasteiger partial charge in [-0.3, -0.25) is 0 Å². The van der Waals surface area contributed by atoms with Gasteiger partial charge >= 0.3 is 0 Å². The lowest BCUT2D eigenvalue weighted by molar-refractivity contribution is 0.413. The van der Waals surface area contributed by atoms with Crippen molar-refractivity contribution >= 4 is 47.8 Å². The first-order chi connectivity index (χ1) is 10.1. The molecule has 4 heteroatoms. The summed E-state index contributed by atoms with van der Waals surface area (Å²) in [6.45, 7) is 0. The van der Waals surface area contributed by atoms with Crippen LogP contribution in [0.15, 0.2) is 51.4 Å². The van der Waals surface area contributed by atoms with Crippen LogP contribution in [0.5, 0.6) is 5.75 Å². The SMILES string of the molecule is COc1ccc(Br)c(CC(CBr)Cc2ccc(Br)cc2)c1. The molecule has 0 aliphatic heterocycles. The van der Waals surface area contributed by atoms with Gasteiger partial charge in [0.1, 0.15) is 5.75 Å². The minimum absolute atomic E-state index is 0.551. The largest absolute Gasteiger partial charge is 0.497 e. The van der Waals surface area contributed by atoms with Gasteiger partial charge in [0.2, 0.25) is 0 Å². The first kappa shape index (κ1) is 17.0. The van der Waals surface area contributed by atoms with Crippen LogP contribution in [0, 0.1) is 5.92 Å². The van der Waals surface area contributed by atoms with Crippen molar-refractivity contribution in [1.29, 1.82) is 0 Å². The molecule has 0 saturated carbocycles. The molecular weight excluding hydrogens is 460 g/mol. The molecule has 0 heterocycles. The Hall–Kier alpha value is -0.320. The molecule has 0 fully saturated rings. The maximum Gasteiger partial charge on any atom is 0.119 e. The van der Waals surface area contributed by atoms with E-state index in [1.165, 1.54) is 11.1 Å². The molecule has 1 nitrogen and oxygen atoms in total. The molecule has 1 unspecified atom stereocenters. The Balaban J connectivity index is 2.10. The lowest BCUT2D eigenvalue weighted by atomic mass is 9.94. The maximum absolute atomic E-state index is 5.32. The van der Waals surface area contributed by atoms with E-state index in [-0.39, 0.29) is 0 Å². The summed E-state index contributed by atoms with van der Waals surface area (Å²) >= 11 is 10.8. The molecule has 0 bridgehead atoms. The fraction of sp³-hybridized carbons (Fsp3) is 0.294. The number of halogens is 3. The van der Waals surface area contributed by atoms with Gasteiger partial charge < -0.3 is 4.74 Å². The van der Waals surface area contributed by atoms with E-state index in [9.17, 15) is 0 Å². The molecule has 2 rings (SSSR count). The number of rotatable bonds is 6. The van der Waals surface area contributed by atoms with Gasteiger partial charge in [-0.25, -0.2) is 0 Å². The quantitative estimate of drug-likeness (QED) is 0.463. The third-order valence-corrected chi connectivity index (χ3v) is 5.64. The Morgan fingerprint density at radius 2 is 1.71 bits per heavy atom. The van der Waals surface area contributed by atoms with Crippen molar-refractivity contribution in [3.05, 3.63) is 62.5 Å². The van der Waals surface area contributed by atoms with E-state index in [1.54, 1.807) is 7.11 Å². The number of ether oxygens (including phenoxy) is 1. The Morgan fingerprint density at radius 1 is 1.00 bits per heavy atom. The summed E-state index contributed by atoms with van der Waals surface area (Å²) in [7, 11) is 1.71. The van der Waals surface area contributed by atoms with Gasteiger partial charge in [0.15, 0.2) is 0 Å². The van der Waals surface area contributed by atoms with E-state index in [0.29, 0.717) is 5.92 Å². The van der Waals surface area contributed by atoms with E-state index in [1.807, 2.05) is 6.07 Å². The predicted molar refractivity (Wildman–Crippen MR) is 99.5 cm³/mol. The predicted octanol–water partition coefficient (Wildman–Crippen LogP) is 6.02. The summed E-state index contributed by atoms with van der Waals surface area (Å²) in [5, 5.41) is 0.979. The first-order valence-electron chi connectivity index (χ1n) is 6.75. The lowest BCUT2D eigenvalue weighted by Crippen LogP contribution is -2.10. The van der Waals surface area contributed by atoms with Gasteiger partial charge in [-0.2, -0.15) is 0 Å². The molecule has 1 atom stereocenters. The molecule has 0 aromatic heterocycles. The summed E-state index contributed by atoms with van der Waals surface area (Å²) in [5.41, 5.74) is 2.65. The van der Waals surface area contributed by atoms with Crippen LogP contribution < -0.4 is 4.74 Å². The fourth-order valence-corrected chi connectivity index (χ4v) is 3.41. The smallest absolute Gasteiger partial charge is 0.119 e. The van der Waals surface area contributed by atoms with Crippen LogP contribution >= 0.6 is 47.8 Å². The van der Waals surface area contributed by atoms with Gasteiger partial charge in [-0.1, -0.05) is 59.9 Å². The highest BCUT2D eigenvalue weighted by atomic mass is 79.9. The monoisotopic (exact) mass is 474 g/mol. The molecule has 0 spiro atoms. The van der Waals surface area contributed by atoms with Crippen LogP contribution in [-0.2, 0) is 12.8 Å². The van der Waals surface area contributed by atoms with E-state index in [0.717, 1.165) is 32.9 Å². The van der Waals surface area contributed by atoms with Gasteiger partial charge in [-0.05, 0) is 60.2 Å². The molecule has 2 aromatic carbocycles. The minimum atomic E-state index is 0.551. The number of alkyl halides is 1. The van der Waals surface area contributed by atoms with Crippen LogP contribution in [0.4, 0.5) is 0 Å². The summed E-state index contributed by atoms with van der Waals surface area (Å²) in [4.78, 5) is 0. The zero-order chi connectivity index (χ0) is 15.2. The van der Waals surface area contributed by atoms with Crippen molar-refractivity contribution < 1.29 is 4.74 Å². The van der Waals surface area contributed by atoms with Crippen LogP contribution in [0.3, 0.4) is 0 Å². The normalized spacial score (nSPS) is 12.2. The first-order valence-corrected chi connectivity index (χ1v) is 9.46. The summed E-state index contributed by atoms with van der Waals surface area (Å²) in [5.74, 6) is 1.46. The second-order valence-electron chi connectivity index (χ2n) is 5.01. The van der Waals surface area contributed by atoms with Crippen LogP contribution in [-0.4, -0.2) is 12.4 Å². The number of benzene rings is 2. The van der Waals surface area contributed by atoms with Crippen LogP contribution in [0.1, 0.15) is 11.1 Å². The molecule has 0 radical (unpaired) electrons. The van der Waals surface area contributed by atoms with E-state index >= 15 is 0 Å². The molecule has 112 valence electrons. The van der Waals surface area contributed by atoms with Crippen molar-refractivity contribution in [3.8, 4) is 5.75 Å². The van der Waals surface area contributed by atoms with Crippen molar-refractivity contribution in [1.82, 2.24) is 0 Å². The standard InChI is InChI=1S/C17H17Br3O/c1-21-16-6-7-17(20)14(10-16)9-13(11-18)8-12-2-4-15(19)5-3-12/h2-7,10,13H,8-9,11H2,1H3. The Labute approximate surface area is 151 Å². The molecule has 2 aromatic rings. The van der Waals surface area contributed by atoms with Crippen LogP contribution in [0.25, 0.3) is 0 Å². The zero-order valence-electron chi connectivity index (χ0n) is 11.8. The average molecular weight is 477 g/mol. The van der Waals surface area contributed by atoms with Gasteiger partial charge in [0.05, 0.1) is 7.11 Å². The van der Waals surface area contributed by atoms with Crippen molar-refractivity contribution in [2.24, 2.45) is 5.92 Å². The molecule has 0 aliphatic carbocycles. The van der Waals surface area contributed by atoms with Crippen molar-refractivity contribution in [2.45, 2.75) is 12.8 Å². The fourth-order valence-electron chi connectivity index (χ4n) is 2.28. The Kier molecular flexibility index (Phi) is 6.77. The zero-order valence-corrected chi connectivity index (χ0v) is 16.5. The molecule has 0 aliphatic rings. The summed E-state index contributed by atoms with van der Waals surface area (Å²) < 4.78 is 7.58. The third-order valence-electron chi connectivity index (χ3n) is 3.42. The molecule has 0 saturated heterocycles. The number of methoxy groups -OCH3 is 1. The maximum atomic E-state index is 5.32. The average Bonchev–Trinajstić information content (AvgIpc) is 2.50. The molecular formula is C17H17Br3O. The summed E-state index contributed by atoms with van der Waals surface area (Å²) in [6.07, 6.45) is 2.07. The summed E-state index contributed by atoms with van der Waals surface area (Å²) in [6, 6.07) is 14.7. The highest BCUT2D eigenvalue weighted by molar-refractivity contribution is 9.10.